The maximum absolute atomic E-state index is 15.1. The summed E-state index contributed by atoms with van der Waals surface area (Å²) in [5, 5.41) is 12.1. The lowest BCUT2D eigenvalue weighted by Crippen LogP contribution is -2.60. The van der Waals surface area contributed by atoms with Gasteiger partial charge in [-0.3, -0.25) is 4.79 Å². The van der Waals surface area contributed by atoms with Crippen LogP contribution in [0.15, 0.2) is 22.7 Å². The van der Waals surface area contributed by atoms with Gasteiger partial charge in [0.15, 0.2) is 0 Å². The molecule has 0 spiro atoms. The number of carbonyl (C=O) groups is 2. The quantitative estimate of drug-likeness (QED) is 0.725. The molecule has 1 aromatic carbocycles. The second-order valence-corrected chi connectivity index (χ2v) is 9.61. The maximum Gasteiger partial charge on any atom is 0.326 e. The molecule has 0 aromatic heterocycles. The molecule has 27 heavy (non-hydrogen) atoms. The van der Waals surface area contributed by atoms with Gasteiger partial charge in [0.2, 0.25) is 5.91 Å². The van der Waals surface area contributed by atoms with E-state index in [-0.39, 0.29) is 36.1 Å². The highest BCUT2D eigenvalue weighted by atomic mass is 79.9. The third-order valence-corrected chi connectivity index (χ3v) is 7.01. The van der Waals surface area contributed by atoms with Crippen LogP contribution in [-0.2, 0) is 16.0 Å². The molecule has 7 heteroatoms. The lowest BCUT2D eigenvalue weighted by molar-refractivity contribution is -0.163. The van der Waals surface area contributed by atoms with Gasteiger partial charge in [0.1, 0.15) is 17.5 Å². The van der Waals surface area contributed by atoms with Gasteiger partial charge in [-0.15, -0.1) is 0 Å². The van der Waals surface area contributed by atoms with E-state index in [1.807, 2.05) is 0 Å². The number of carboxylic acids is 1. The fourth-order valence-electron chi connectivity index (χ4n) is 5.83. The fraction of sp³-hybridized carbons (Fsp3) is 0.600. The molecule has 4 aliphatic carbocycles. The van der Waals surface area contributed by atoms with Crippen molar-refractivity contribution in [3.63, 3.8) is 0 Å². The van der Waals surface area contributed by atoms with Gasteiger partial charge in [-0.2, -0.15) is 0 Å². The van der Waals surface area contributed by atoms with E-state index in [1.54, 1.807) is 6.07 Å². The van der Waals surface area contributed by atoms with Crippen molar-refractivity contribution in [3.05, 3.63) is 34.1 Å². The molecule has 0 saturated heterocycles. The smallest absolute Gasteiger partial charge is 0.326 e. The first-order valence-corrected chi connectivity index (χ1v) is 10.1. The van der Waals surface area contributed by atoms with Crippen molar-refractivity contribution < 1.29 is 23.5 Å². The second-order valence-electron chi connectivity index (χ2n) is 8.70. The van der Waals surface area contributed by atoms with E-state index >= 15 is 4.39 Å². The molecule has 0 heterocycles. The molecule has 1 aromatic rings. The molecule has 4 bridgehead atoms. The molecule has 4 nitrogen and oxygen atoms in total. The van der Waals surface area contributed by atoms with Crippen molar-refractivity contribution in [2.24, 2.45) is 17.3 Å². The number of hydrogen-bond acceptors (Lipinski definition) is 2. The van der Waals surface area contributed by atoms with Crippen molar-refractivity contribution in [3.8, 4) is 0 Å². The Hall–Kier alpha value is -1.50. The van der Waals surface area contributed by atoms with Gasteiger partial charge >= 0.3 is 5.97 Å². The van der Waals surface area contributed by atoms with Crippen LogP contribution in [0, 0.1) is 23.1 Å². The lowest BCUT2D eigenvalue weighted by atomic mass is 9.48. The highest BCUT2D eigenvalue weighted by Crippen LogP contribution is 2.63. The number of amides is 1. The lowest BCUT2D eigenvalue weighted by Gasteiger charge is -2.58. The Bertz CT molecular complexity index is 785. The van der Waals surface area contributed by atoms with Crippen molar-refractivity contribution in [1.82, 2.24) is 5.32 Å². The highest BCUT2D eigenvalue weighted by molar-refractivity contribution is 9.10. The van der Waals surface area contributed by atoms with Gasteiger partial charge < -0.3 is 10.4 Å². The summed E-state index contributed by atoms with van der Waals surface area (Å²) in [5.41, 5.74) is -1.89. The van der Waals surface area contributed by atoms with E-state index in [4.69, 9.17) is 0 Å². The normalized spacial score (nSPS) is 35.1. The Labute approximate surface area is 164 Å². The first-order chi connectivity index (χ1) is 12.7. The van der Waals surface area contributed by atoms with Crippen LogP contribution >= 0.6 is 15.9 Å². The molecule has 2 N–H and O–H groups in total. The van der Waals surface area contributed by atoms with E-state index in [2.05, 4.69) is 21.2 Å². The van der Waals surface area contributed by atoms with Crippen molar-refractivity contribution in [2.75, 3.05) is 0 Å². The summed E-state index contributed by atoms with van der Waals surface area (Å²) in [6.07, 6.45) is 3.28. The number of nitrogens with one attached hydrogen (secondary N) is 1. The Morgan fingerprint density at radius 2 is 1.93 bits per heavy atom. The number of rotatable bonds is 5. The number of halogens is 3. The van der Waals surface area contributed by atoms with E-state index in [0.29, 0.717) is 30.2 Å². The Balaban J connectivity index is 1.52. The monoisotopic (exact) mass is 441 g/mol. The van der Waals surface area contributed by atoms with Crippen molar-refractivity contribution in [1.29, 1.82) is 0 Å². The molecule has 2 unspecified atom stereocenters. The Morgan fingerprint density at radius 3 is 2.48 bits per heavy atom. The summed E-state index contributed by atoms with van der Waals surface area (Å²) in [6.45, 7) is 0. The van der Waals surface area contributed by atoms with Crippen LogP contribution in [0.1, 0.15) is 44.1 Å². The van der Waals surface area contributed by atoms with Gasteiger partial charge in [0.05, 0.1) is 5.41 Å². The number of alkyl halides is 1. The minimum absolute atomic E-state index is 0.149. The highest BCUT2D eigenvalue weighted by Gasteiger charge is 2.61. The zero-order valence-electron chi connectivity index (χ0n) is 14.8. The molecular weight excluding hydrogens is 420 g/mol. The molecule has 4 fully saturated rings. The van der Waals surface area contributed by atoms with Crippen molar-refractivity contribution >= 4 is 27.8 Å². The van der Waals surface area contributed by atoms with Crippen LogP contribution in [0.3, 0.4) is 0 Å². The van der Waals surface area contributed by atoms with Gasteiger partial charge in [-0.1, -0.05) is 22.0 Å². The fourth-order valence-corrected chi connectivity index (χ4v) is 6.17. The van der Waals surface area contributed by atoms with Crippen LogP contribution < -0.4 is 5.32 Å². The standard InChI is InChI=1S/C20H22BrF2NO3/c21-14-2-1-13(15(22)5-14)4-16(17(25)26)24-18(27)19-6-11-3-12(7-19)9-20(23,8-11)10-19/h1-2,5,11-12,16H,3-4,6-10H2,(H,24,27)(H,25,26)/t11?,12?,16-,19?,20?/m0/s1. The summed E-state index contributed by atoms with van der Waals surface area (Å²) < 4.78 is 29.7. The van der Waals surface area contributed by atoms with Gasteiger partial charge in [0.25, 0.3) is 0 Å². The molecule has 5 rings (SSSR count). The van der Waals surface area contributed by atoms with E-state index in [1.165, 1.54) is 12.1 Å². The van der Waals surface area contributed by atoms with Crippen LogP contribution in [0.2, 0.25) is 0 Å². The Kier molecular flexibility index (Phi) is 4.56. The minimum Gasteiger partial charge on any atom is -0.480 e. The largest absolute Gasteiger partial charge is 0.480 e. The molecule has 146 valence electrons. The predicted octanol–water partition coefficient (Wildman–Crippen LogP) is 4.01. The topological polar surface area (TPSA) is 66.4 Å². The third-order valence-electron chi connectivity index (χ3n) is 6.51. The van der Waals surface area contributed by atoms with Gasteiger partial charge in [-0.05, 0) is 68.1 Å². The minimum atomic E-state index is -1.29. The van der Waals surface area contributed by atoms with E-state index in [0.717, 1.165) is 6.42 Å². The van der Waals surface area contributed by atoms with Crippen LogP contribution in [0.4, 0.5) is 8.78 Å². The maximum atomic E-state index is 15.1. The van der Waals surface area contributed by atoms with Gasteiger partial charge in [-0.25, -0.2) is 13.6 Å². The molecule has 0 aliphatic heterocycles. The summed E-state index contributed by atoms with van der Waals surface area (Å²) in [4.78, 5) is 24.7. The van der Waals surface area contributed by atoms with Gasteiger partial charge in [0, 0.05) is 10.9 Å². The third kappa shape index (κ3) is 3.50. The molecular formula is C20H22BrF2NO3. The van der Waals surface area contributed by atoms with Crippen molar-refractivity contribution in [2.45, 2.75) is 56.7 Å². The van der Waals surface area contributed by atoms with E-state index in [9.17, 15) is 19.1 Å². The van der Waals surface area contributed by atoms with Crippen LogP contribution in [-0.4, -0.2) is 28.7 Å². The Morgan fingerprint density at radius 1 is 1.26 bits per heavy atom. The first-order valence-electron chi connectivity index (χ1n) is 9.35. The summed E-state index contributed by atoms with van der Waals surface area (Å²) >= 11 is 3.17. The van der Waals surface area contributed by atoms with Crippen LogP contribution in [0.25, 0.3) is 0 Å². The average molecular weight is 442 g/mol. The number of hydrogen-bond donors (Lipinski definition) is 2. The number of benzene rings is 1. The molecule has 0 radical (unpaired) electrons. The molecule has 1 amide bonds. The van der Waals surface area contributed by atoms with E-state index < -0.39 is 28.9 Å². The predicted molar refractivity (Wildman–Crippen MR) is 98.3 cm³/mol. The number of carboxylic acid groups (broad SMARTS) is 1. The zero-order chi connectivity index (χ0) is 19.4. The van der Waals surface area contributed by atoms with Crippen LogP contribution in [0.5, 0.6) is 0 Å². The second kappa shape index (κ2) is 6.54. The zero-order valence-corrected chi connectivity index (χ0v) is 16.4. The molecule has 4 aliphatic rings. The molecule has 3 atom stereocenters. The summed E-state index contributed by atoms with van der Waals surface area (Å²) in [6, 6.07) is 3.16. The summed E-state index contributed by atoms with van der Waals surface area (Å²) in [5.74, 6) is -1.72. The first kappa shape index (κ1) is 18.8. The molecule has 4 saturated carbocycles. The number of aliphatic carboxylic acids is 1. The SMILES string of the molecule is O=C(O)[C@H](Cc1ccc(Br)cc1F)NC(=O)C12CC3CC(CC(F)(C3)C1)C2. The summed E-state index contributed by atoms with van der Waals surface area (Å²) in [7, 11) is 0. The average Bonchev–Trinajstić information content (AvgIpc) is 2.53. The number of carbonyl (C=O) groups excluding carboxylic acids is 1.